The van der Waals surface area contributed by atoms with Gasteiger partial charge < -0.3 is 9.72 Å². The molecule has 0 aliphatic heterocycles. The van der Waals surface area contributed by atoms with Crippen molar-refractivity contribution < 1.29 is 9.53 Å². The monoisotopic (exact) mass is 253 g/mol. The van der Waals surface area contributed by atoms with Crippen LogP contribution in [-0.4, -0.2) is 28.0 Å². The van der Waals surface area contributed by atoms with Gasteiger partial charge in [-0.2, -0.15) is 0 Å². The Kier molecular flexibility index (Phi) is 2.72. The van der Waals surface area contributed by atoms with Crippen molar-refractivity contribution >= 4 is 16.9 Å². The molecule has 1 N–H and O–H groups in total. The minimum absolute atomic E-state index is 0.203. The van der Waals surface area contributed by atoms with Gasteiger partial charge in [-0.3, -0.25) is 4.98 Å². The summed E-state index contributed by atoms with van der Waals surface area (Å²) < 4.78 is 4.58. The number of hydrogen-bond acceptors (Lipinski definition) is 4. The van der Waals surface area contributed by atoms with Crippen molar-refractivity contribution in [3.8, 4) is 11.3 Å². The molecule has 0 bridgehead atoms. The number of carbonyl (C=O) groups excluding carboxylic acids is 1. The van der Waals surface area contributed by atoms with Gasteiger partial charge in [0, 0.05) is 22.7 Å². The summed E-state index contributed by atoms with van der Waals surface area (Å²) in [4.78, 5) is 22.7. The lowest BCUT2D eigenvalue weighted by atomic mass is 10.1. The Hall–Kier alpha value is -2.69. The van der Waals surface area contributed by atoms with Gasteiger partial charge in [0.05, 0.1) is 25.2 Å². The van der Waals surface area contributed by atoms with E-state index in [1.807, 2.05) is 30.5 Å². The van der Waals surface area contributed by atoms with Gasteiger partial charge in [0.1, 0.15) is 0 Å². The van der Waals surface area contributed by atoms with Crippen LogP contribution in [0.2, 0.25) is 0 Å². The van der Waals surface area contributed by atoms with Crippen LogP contribution in [0.1, 0.15) is 10.5 Å². The van der Waals surface area contributed by atoms with E-state index in [0.717, 1.165) is 22.2 Å². The van der Waals surface area contributed by atoms with E-state index >= 15 is 0 Å². The maximum atomic E-state index is 11.3. The van der Waals surface area contributed by atoms with E-state index in [1.54, 1.807) is 6.20 Å². The number of ether oxygens (including phenoxy) is 1. The lowest BCUT2D eigenvalue weighted by molar-refractivity contribution is 0.0593. The summed E-state index contributed by atoms with van der Waals surface area (Å²) in [5.74, 6) is -0.486. The highest BCUT2D eigenvalue weighted by Crippen LogP contribution is 2.21. The van der Waals surface area contributed by atoms with Crippen LogP contribution in [0.5, 0.6) is 0 Å². The number of H-pyrrole nitrogens is 1. The molecule has 3 aromatic rings. The predicted molar refractivity (Wildman–Crippen MR) is 70.7 cm³/mol. The molecule has 0 amide bonds. The van der Waals surface area contributed by atoms with E-state index in [0.29, 0.717) is 0 Å². The fourth-order valence-corrected chi connectivity index (χ4v) is 1.90. The molecule has 0 unspecified atom stereocenters. The maximum Gasteiger partial charge on any atom is 0.358 e. The molecular weight excluding hydrogens is 242 g/mol. The summed E-state index contributed by atoms with van der Waals surface area (Å²) in [5, 5.41) is 1.11. The van der Waals surface area contributed by atoms with Crippen LogP contribution >= 0.6 is 0 Å². The third kappa shape index (κ3) is 2.06. The van der Waals surface area contributed by atoms with E-state index < -0.39 is 5.97 Å². The summed E-state index contributed by atoms with van der Waals surface area (Å²) in [7, 11) is 1.32. The average molecular weight is 253 g/mol. The number of aromatic amines is 1. The highest BCUT2D eigenvalue weighted by Gasteiger charge is 2.08. The molecule has 1 aromatic carbocycles. The van der Waals surface area contributed by atoms with Crippen LogP contribution in [0.15, 0.2) is 42.9 Å². The van der Waals surface area contributed by atoms with Gasteiger partial charge in [-0.25, -0.2) is 9.78 Å². The summed E-state index contributed by atoms with van der Waals surface area (Å²) >= 11 is 0. The highest BCUT2D eigenvalue weighted by molar-refractivity contribution is 5.87. The maximum absolute atomic E-state index is 11.3. The Morgan fingerprint density at radius 1 is 1.21 bits per heavy atom. The fraction of sp³-hybridized carbons (Fsp3) is 0.0714. The first-order valence-corrected chi connectivity index (χ1v) is 5.76. The van der Waals surface area contributed by atoms with Gasteiger partial charge in [0.2, 0.25) is 0 Å². The molecule has 5 nitrogen and oxygen atoms in total. The molecule has 0 fully saturated rings. The number of esters is 1. The van der Waals surface area contributed by atoms with Crippen molar-refractivity contribution in [1.29, 1.82) is 0 Å². The second-order valence-electron chi connectivity index (χ2n) is 4.06. The van der Waals surface area contributed by atoms with Gasteiger partial charge >= 0.3 is 5.97 Å². The SMILES string of the molecule is COC(=O)c1cnc(-c2ccc3[nH]ccc3c2)cn1. The molecule has 3 rings (SSSR count). The average Bonchev–Trinajstić information content (AvgIpc) is 2.94. The second-order valence-corrected chi connectivity index (χ2v) is 4.06. The number of fused-ring (bicyclic) bond motifs is 1. The second kappa shape index (κ2) is 4.53. The third-order valence-corrected chi connectivity index (χ3v) is 2.90. The van der Waals surface area contributed by atoms with E-state index in [2.05, 4.69) is 19.7 Å². The number of carbonyl (C=O) groups is 1. The standard InChI is InChI=1S/C14H11N3O2/c1-19-14(18)13-8-16-12(7-17-13)9-2-3-11-10(6-9)4-5-15-11/h2-8,15H,1H3. The Labute approximate surface area is 109 Å². The van der Waals surface area contributed by atoms with Crippen molar-refractivity contribution in [2.24, 2.45) is 0 Å². The van der Waals surface area contributed by atoms with Crippen molar-refractivity contribution in [2.75, 3.05) is 7.11 Å². The number of benzene rings is 1. The van der Waals surface area contributed by atoms with Crippen LogP contribution < -0.4 is 0 Å². The molecule has 5 heteroatoms. The first-order valence-electron chi connectivity index (χ1n) is 5.76. The summed E-state index contributed by atoms with van der Waals surface area (Å²) in [6.45, 7) is 0. The number of aromatic nitrogens is 3. The van der Waals surface area contributed by atoms with Crippen molar-refractivity contribution in [1.82, 2.24) is 15.0 Å². The van der Waals surface area contributed by atoms with Crippen molar-refractivity contribution in [3.05, 3.63) is 48.5 Å². The Balaban J connectivity index is 1.99. The first kappa shape index (κ1) is 11.4. The molecule has 0 spiro atoms. The van der Waals surface area contributed by atoms with Gasteiger partial charge in [0.15, 0.2) is 5.69 Å². The number of hydrogen-bond donors (Lipinski definition) is 1. The summed E-state index contributed by atoms with van der Waals surface area (Å²) in [6.07, 6.45) is 4.88. The topological polar surface area (TPSA) is 67.9 Å². The zero-order chi connectivity index (χ0) is 13.2. The molecule has 0 saturated heterocycles. The Morgan fingerprint density at radius 3 is 2.84 bits per heavy atom. The molecule has 2 heterocycles. The van der Waals surface area contributed by atoms with E-state index in [4.69, 9.17) is 0 Å². The minimum Gasteiger partial charge on any atom is -0.464 e. The smallest absolute Gasteiger partial charge is 0.358 e. The summed E-state index contributed by atoms with van der Waals surface area (Å²) in [6, 6.07) is 7.96. The summed E-state index contributed by atoms with van der Waals surface area (Å²) in [5.41, 5.74) is 2.95. The van der Waals surface area contributed by atoms with Crippen LogP contribution in [-0.2, 0) is 4.74 Å². The lowest BCUT2D eigenvalue weighted by Gasteiger charge is -2.02. The molecule has 0 atom stereocenters. The number of rotatable bonds is 2. The molecule has 19 heavy (non-hydrogen) atoms. The third-order valence-electron chi connectivity index (χ3n) is 2.90. The van der Waals surface area contributed by atoms with Crippen molar-refractivity contribution in [2.45, 2.75) is 0 Å². The Bertz CT molecular complexity index is 732. The molecule has 0 radical (unpaired) electrons. The fourth-order valence-electron chi connectivity index (χ4n) is 1.90. The van der Waals surface area contributed by atoms with Gasteiger partial charge in [-0.1, -0.05) is 6.07 Å². The molecule has 2 aromatic heterocycles. The quantitative estimate of drug-likeness (QED) is 0.712. The normalized spacial score (nSPS) is 10.6. The van der Waals surface area contributed by atoms with Gasteiger partial charge in [-0.05, 0) is 18.2 Å². The lowest BCUT2D eigenvalue weighted by Crippen LogP contribution is -2.04. The van der Waals surface area contributed by atoms with Gasteiger partial charge in [0.25, 0.3) is 0 Å². The highest BCUT2D eigenvalue weighted by atomic mass is 16.5. The van der Waals surface area contributed by atoms with E-state index in [9.17, 15) is 4.79 Å². The largest absolute Gasteiger partial charge is 0.464 e. The molecule has 0 aliphatic carbocycles. The molecule has 0 aliphatic rings. The Morgan fingerprint density at radius 2 is 2.11 bits per heavy atom. The van der Waals surface area contributed by atoms with Crippen LogP contribution in [0.25, 0.3) is 22.2 Å². The van der Waals surface area contributed by atoms with E-state index in [-0.39, 0.29) is 5.69 Å². The first-order chi connectivity index (χ1) is 9.28. The molecule has 94 valence electrons. The number of nitrogens with zero attached hydrogens (tertiary/aromatic N) is 2. The number of methoxy groups -OCH3 is 1. The predicted octanol–water partition coefficient (Wildman–Crippen LogP) is 2.41. The van der Waals surface area contributed by atoms with Crippen molar-refractivity contribution in [3.63, 3.8) is 0 Å². The van der Waals surface area contributed by atoms with Crippen LogP contribution in [0.3, 0.4) is 0 Å². The zero-order valence-corrected chi connectivity index (χ0v) is 10.3. The number of nitrogens with one attached hydrogen (secondary N) is 1. The zero-order valence-electron chi connectivity index (χ0n) is 10.3. The molecular formula is C14H11N3O2. The van der Waals surface area contributed by atoms with Crippen LogP contribution in [0, 0.1) is 0 Å². The van der Waals surface area contributed by atoms with Gasteiger partial charge in [-0.15, -0.1) is 0 Å². The van der Waals surface area contributed by atoms with E-state index in [1.165, 1.54) is 13.3 Å². The molecule has 0 saturated carbocycles. The van der Waals surface area contributed by atoms with Crippen LogP contribution in [0.4, 0.5) is 0 Å². The minimum atomic E-state index is -0.486.